The number of benzene rings is 1. The average Bonchev–Trinajstić information content (AvgIpc) is 2.43. The summed E-state index contributed by atoms with van der Waals surface area (Å²) in [6.07, 6.45) is 7.82. The van der Waals surface area contributed by atoms with Gasteiger partial charge in [-0.3, -0.25) is 4.79 Å². The molecule has 0 spiro atoms. The predicted molar refractivity (Wildman–Crippen MR) is 91.8 cm³/mol. The summed E-state index contributed by atoms with van der Waals surface area (Å²) in [6.45, 7) is 2.45. The number of carbonyl (C=O) groups is 1. The van der Waals surface area contributed by atoms with E-state index in [1.807, 2.05) is 18.2 Å². The van der Waals surface area contributed by atoms with Crippen LogP contribution in [0, 0.1) is 17.3 Å². The Kier molecular flexibility index (Phi) is 3.52. The number of carbonyl (C=O) groups excluding carboxylic acids is 1. The summed E-state index contributed by atoms with van der Waals surface area (Å²) >= 11 is 1.43. The first-order chi connectivity index (χ1) is 10.5. The summed E-state index contributed by atoms with van der Waals surface area (Å²) < 4.78 is 0. The summed E-state index contributed by atoms with van der Waals surface area (Å²) in [4.78, 5) is 12.5. The zero-order chi connectivity index (χ0) is 15.2. The molecule has 4 fully saturated rings. The fraction of sp³-hybridized carbons (Fsp3) is 0.632. The molecule has 4 aliphatic carbocycles. The molecule has 5 rings (SSSR count). The van der Waals surface area contributed by atoms with Crippen LogP contribution in [0.25, 0.3) is 0 Å². The molecule has 4 saturated carbocycles. The van der Waals surface area contributed by atoms with E-state index in [9.17, 15) is 4.79 Å². The maximum absolute atomic E-state index is 12.5. The zero-order valence-electron chi connectivity index (χ0n) is 13.3. The number of thioether (sulfide) groups is 1. The van der Waals surface area contributed by atoms with Gasteiger partial charge in [0.05, 0.1) is 0 Å². The van der Waals surface area contributed by atoms with Crippen LogP contribution in [-0.2, 0) is 5.75 Å². The van der Waals surface area contributed by atoms with Crippen LogP contribution >= 0.6 is 11.8 Å². The average molecular weight is 315 g/mol. The molecule has 1 aromatic carbocycles. The first-order valence-corrected chi connectivity index (χ1v) is 9.52. The lowest BCUT2D eigenvalue weighted by atomic mass is 9.47. The van der Waals surface area contributed by atoms with Crippen molar-refractivity contribution < 1.29 is 4.79 Å². The molecule has 22 heavy (non-hydrogen) atoms. The van der Waals surface area contributed by atoms with Gasteiger partial charge in [0.15, 0.2) is 0 Å². The summed E-state index contributed by atoms with van der Waals surface area (Å²) in [6, 6.07) is 10.3. The van der Waals surface area contributed by atoms with Crippen LogP contribution in [0.4, 0.5) is 4.79 Å². The lowest BCUT2D eigenvalue weighted by Gasteiger charge is -2.61. The second-order valence-corrected chi connectivity index (χ2v) is 9.19. The third-order valence-corrected chi connectivity index (χ3v) is 6.78. The Hall–Kier alpha value is -0.960. The second-order valence-electron chi connectivity index (χ2n) is 8.24. The number of rotatable bonds is 3. The van der Waals surface area contributed by atoms with Gasteiger partial charge in [-0.25, -0.2) is 0 Å². The molecule has 1 aromatic rings. The molecule has 4 bridgehead atoms. The minimum atomic E-state index is 0.111. The third-order valence-electron chi connectivity index (χ3n) is 5.93. The molecule has 0 aromatic heterocycles. The van der Waals surface area contributed by atoms with Gasteiger partial charge in [0.1, 0.15) is 0 Å². The Morgan fingerprint density at radius 3 is 2.50 bits per heavy atom. The molecule has 1 amide bonds. The van der Waals surface area contributed by atoms with Crippen molar-refractivity contribution in [3.05, 3.63) is 35.9 Å². The Morgan fingerprint density at radius 1 is 1.18 bits per heavy atom. The van der Waals surface area contributed by atoms with Gasteiger partial charge in [-0.15, -0.1) is 0 Å². The van der Waals surface area contributed by atoms with Gasteiger partial charge in [-0.2, -0.15) is 0 Å². The monoisotopic (exact) mass is 315 g/mol. The predicted octanol–water partition coefficient (Wildman–Crippen LogP) is 4.99. The van der Waals surface area contributed by atoms with Gasteiger partial charge >= 0.3 is 0 Å². The summed E-state index contributed by atoms with van der Waals surface area (Å²) in [5, 5.41) is 3.62. The van der Waals surface area contributed by atoms with Crippen LogP contribution in [0.15, 0.2) is 30.3 Å². The lowest BCUT2D eigenvalue weighted by Crippen LogP contribution is -2.62. The minimum absolute atomic E-state index is 0.111. The Morgan fingerprint density at radius 2 is 1.86 bits per heavy atom. The summed E-state index contributed by atoms with van der Waals surface area (Å²) in [5.41, 5.74) is 1.82. The van der Waals surface area contributed by atoms with Crippen molar-refractivity contribution in [3.8, 4) is 0 Å². The first-order valence-electron chi connectivity index (χ1n) is 8.53. The largest absolute Gasteiger partial charge is 0.341 e. The third kappa shape index (κ3) is 2.80. The molecular formula is C19H25NOS. The standard InChI is InChI=1S/C19H25NOS/c1-18-8-15-7-16(9-18)11-19(10-15,13-18)20-17(21)22-12-14-5-3-2-4-6-14/h2-6,15-16H,7-13H2,1H3,(H,20,21)/t15-,16-,18?,19?/m0/s1. The Bertz CT molecular complexity index is 556. The molecule has 1 N–H and O–H groups in total. The zero-order valence-corrected chi connectivity index (χ0v) is 14.1. The number of hydrogen-bond donors (Lipinski definition) is 1. The van der Waals surface area contributed by atoms with Crippen molar-refractivity contribution in [2.45, 2.75) is 56.7 Å². The fourth-order valence-corrected chi connectivity index (χ4v) is 6.62. The number of amides is 1. The molecule has 4 aliphatic rings. The molecule has 0 saturated heterocycles. The molecule has 0 unspecified atom stereocenters. The summed E-state index contributed by atoms with van der Waals surface area (Å²) in [5.74, 6) is 2.48. The van der Waals surface area contributed by atoms with Crippen LogP contribution in [0.3, 0.4) is 0 Å². The smallest absolute Gasteiger partial charge is 0.279 e. The van der Waals surface area contributed by atoms with E-state index in [1.54, 1.807) is 0 Å². The van der Waals surface area contributed by atoms with E-state index in [1.165, 1.54) is 55.9 Å². The van der Waals surface area contributed by atoms with Crippen LogP contribution in [-0.4, -0.2) is 10.8 Å². The number of hydrogen-bond acceptors (Lipinski definition) is 2. The van der Waals surface area contributed by atoms with Crippen LogP contribution in [0.2, 0.25) is 0 Å². The van der Waals surface area contributed by atoms with Crippen molar-refractivity contribution in [2.75, 3.05) is 0 Å². The van der Waals surface area contributed by atoms with Crippen LogP contribution in [0.1, 0.15) is 51.0 Å². The molecule has 0 radical (unpaired) electrons. The molecule has 2 nitrogen and oxygen atoms in total. The highest BCUT2D eigenvalue weighted by molar-refractivity contribution is 8.12. The van der Waals surface area contributed by atoms with Crippen molar-refractivity contribution >= 4 is 17.0 Å². The van der Waals surface area contributed by atoms with Gasteiger partial charge in [-0.05, 0) is 61.3 Å². The van der Waals surface area contributed by atoms with Crippen LogP contribution in [0.5, 0.6) is 0 Å². The Labute approximate surface area is 137 Å². The lowest BCUT2D eigenvalue weighted by molar-refractivity contribution is -0.0657. The highest BCUT2D eigenvalue weighted by atomic mass is 32.2. The van der Waals surface area contributed by atoms with Crippen molar-refractivity contribution in [2.24, 2.45) is 17.3 Å². The first kappa shape index (κ1) is 14.6. The molecule has 3 heteroatoms. The molecule has 118 valence electrons. The molecule has 0 aliphatic heterocycles. The quantitative estimate of drug-likeness (QED) is 0.851. The van der Waals surface area contributed by atoms with E-state index >= 15 is 0 Å². The second kappa shape index (κ2) is 5.30. The summed E-state index contributed by atoms with van der Waals surface area (Å²) in [7, 11) is 0. The molecule has 0 heterocycles. The van der Waals surface area contributed by atoms with Gasteiger partial charge < -0.3 is 5.32 Å². The Balaban J connectivity index is 1.39. The van der Waals surface area contributed by atoms with Gasteiger partial charge in [0, 0.05) is 11.3 Å². The maximum Gasteiger partial charge on any atom is 0.279 e. The highest BCUT2D eigenvalue weighted by Gasteiger charge is 2.56. The normalized spacial score (nSPS) is 39.0. The SMILES string of the molecule is CC12C[C@@H]3C[C@@H](C1)CC(NC(=O)SCc1ccccc1)(C3)C2. The van der Waals surface area contributed by atoms with Crippen molar-refractivity contribution in [1.82, 2.24) is 5.32 Å². The highest BCUT2D eigenvalue weighted by Crippen LogP contribution is 2.61. The minimum Gasteiger partial charge on any atom is -0.341 e. The topological polar surface area (TPSA) is 29.1 Å². The van der Waals surface area contributed by atoms with Gasteiger partial charge in [-0.1, -0.05) is 49.0 Å². The van der Waals surface area contributed by atoms with Crippen molar-refractivity contribution in [1.29, 1.82) is 0 Å². The molecule has 2 atom stereocenters. The van der Waals surface area contributed by atoms with Gasteiger partial charge in [0.25, 0.3) is 5.24 Å². The van der Waals surface area contributed by atoms with E-state index in [-0.39, 0.29) is 10.8 Å². The fourth-order valence-electron chi connectivity index (χ4n) is 5.84. The van der Waals surface area contributed by atoms with E-state index in [2.05, 4.69) is 24.4 Å². The van der Waals surface area contributed by atoms with E-state index in [0.717, 1.165) is 17.6 Å². The maximum atomic E-state index is 12.5. The molecular weight excluding hydrogens is 290 g/mol. The van der Waals surface area contributed by atoms with E-state index in [4.69, 9.17) is 0 Å². The van der Waals surface area contributed by atoms with Crippen LogP contribution < -0.4 is 5.32 Å². The van der Waals surface area contributed by atoms with Crippen molar-refractivity contribution in [3.63, 3.8) is 0 Å². The van der Waals surface area contributed by atoms with E-state index < -0.39 is 0 Å². The van der Waals surface area contributed by atoms with E-state index in [0.29, 0.717) is 5.41 Å². The number of nitrogens with one attached hydrogen (secondary N) is 1. The van der Waals surface area contributed by atoms with Gasteiger partial charge in [0.2, 0.25) is 0 Å².